The summed E-state index contributed by atoms with van der Waals surface area (Å²) in [5, 5.41) is 4.53. The molecular weight excluding hydrogens is 448 g/mol. The number of aromatic nitrogens is 1. The predicted molar refractivity (Wildman–Crippen MR) is 145 cm³/mol. The Balaban J connectivity index is 1.06. The summed E-state index contributed by atoms with van der Waals surface area (Å²) >= 11 is 0. The lowest BCUT2D eigenvalue weighted by Gasteiger charge is -2.37. The van der Waals surface area contributed by atoms with Crippen LogP contribution >= 0.6 is 0 Å². The van der Waals surface area contributed by atoms with Gasteiger partial charge in [0.05, 0.1) is 18.8 Å². The number of carbonyl (C=O) groups excluding carboxylic acids is 1. The third-order valence-electron chi connectivity index (χ3n) is 8.75. The molecule has 190 valence electrons. The lowest BCUT2D eigenvalue weighted by atomic mass is 9.85. The minimum absolute atomic E-state index is 0.131. The number of carbonyl (C=O) groups is 1. The fraction of sp³-hybridized carbons (Fsp3) is 0.500. The molecular formula is C30H38N4O2. The maximum Gasteiger partial charge on any atom is 0.195 e. The highest BCUT2D eigenvalue weighted by Crippen LogP contribution is 2.35. The second kappa shape index (κ2) is 9.56. The van der Waals surface area contributed by atoms with Gasteiger partial charge in [0.25, 0.3) is 0 Å². The van der Waals surface area contributed by atoms with Crippen LogP contribution in [0.25, 0.3) is 10.9 Å². The van der Waals surface area contributed by atoms with Gasteiger partial charge in [0, 0.05) is 48.3 Å². The van der Waals surface area contributed by atoms with Crippen molar-refractivity contribution in [3.63, 3.8) is 0 Å². The Morgan fingerprint density at radius 1 is 1.11 bits per heavy atom. The maximum absolute atomic E-state index is 13.1. The van der Waals surface area contributed by atoms with E-state index >= 15 is 0 Å². The monoisotopic (exact) mass is 486 g/mol. The minimum atomic E-state index is -0.142. The summed E-state index contributed by atoms with van der Waals surface area (Å²) in [4.78, 5) is 21.6. The number of ketones is 1. The molecule has 0 bridgehead atoms. The minimum Gasteiger partial charge on any atom is -0.497 e. The van der Waals surface area contributed by atoms with E-state index in [0.717, 1.165) is 48.1 Å². The fourth-order valence-corrected chi connectivity index (χ4v) is 6.47. The molecule has 3 aromatic rings. The van der Waals surface area contributed by atoms with Crippen LogP contribution in [0.1, 0.15) is 60.3 Å². The van der Waals surface area contributed by atoms with Crippen LogP contribution in [0.15, 0.2) is 42.5 Å². The lowest BCUT2D eigenvalue weighted by molar-refractivity contribution is 0.0859. The quantitative estimate of drug-likeness (QED) is 0.456. The van der Waals surface area contributed by atoms with Crippen molar-refractivity contribution in [1.29, 1.82) is 0 Å². The smallest absolute Gasteiger partial charge is 0.195 e. The Kier molecular flexibility index (Phi) is 6.26. The van der Waals surface area contributed by atoms with Crippen molar-refractivity contribution < 1.29 is 9.53 Å². The summed E-state index contributed by atoms with van der Waals surface area (Å²) in [6.07, 6.45) is 4.84. The summed E-state index contributed by atoms with van der Waals surface area (Å²) in [6.45, 7) is 9.43. The summed E-state index contributed by atoms with van der Waals surface area (Å²) in [5.74, 6) is 1.70. The van der Waals surface area contributed by atoms with Gasteiger partial charge in [0.15, 0.2) is 5.78 Å². The number of nitrogens with one attached hydrogen (secondary N) is 2. The van der Waals surface area contributed by atoms with Crippen molar-refractivity contribution in [3.05, 3.63) is 59.3 Å². The van der Waals surface area contributed by atoms with Gasteiger partial charge < -0.3 is 24.8 Å². The number of fused-ring (bicyclic) bond motifs is 1. The van der Waals surface area contributed by atoms with Gasteiger partial charge >= 0.3 is 0 Å². The first-order valence-corrected chi connectivity index (χ1v) is 13.5. The van der Waals surface area contributed by atoms with Crippen LogP contribution in [0.4, 0.5) is 5.69 Å². The maximum atomic E-state index is 13.1. The lowest BCUT2D eigenvalue weighted by Crippen LogP contribution is -2.51. The molecule has 3 aliphatic heterocycles. The Morgan fingerprint density at radius 2 is 1.97 bits per heavy atom. The molecule has 0 spiro atoms. The van der Waals surface area contributed by atoms with Crippen molar-refractivity contribution >= 4 is 22.4 Å². The fourth-order valence-electron chi connectivity index (χ4n) is 6.47. The first-order chi connectivity index (χ1) is 17.5. The predicted octanol–water partition coefficient (Wildman–Crippen LogP) is 5.08. The standard InChI is InChI=1S/C30H38N4O2/c1-19-13-23(34-12-10-21(18-34)17-33-11-4-5-20(33)2)6-8-25(19)27-16-29(32-27)30(35)28-15-22-14-24(36-3)7-9-26(22)31-28/h6-9,13-15,20-21,27,29,31-32H,4-5,10-12,16-18H2,1-3H3. The normalized spacial score (nSPS) is 26.5. The van der Waals surface area contributed by atoms with Gasteiger partial charge in [0.1, 0.15) is 5.75 Å². The van der Waals surface area contributed by atoms with Crippen molar-refractivity contribution in [2.75, 3.05) is 38.2 Å². The summed E-state index contributed by atoms with van der Waals surface area (Å²) in [5.41, 5.74) is 5.58. The molecule has 1 aromatic heterocycles. The van der Waals surface area contributed by atoms with E-state index in [-0.39, 0.29) is 17.9 Å². The molecule has 2 aromatic carbocycles. The van der Waals surface area contributed by atoms with Crippen LogP contribution in [0, 0.1) is 12.8 Å². The van der Waals surface area contributed by atoms with Crippen LogP contribution < -0.4 is 15.0 Å². The number of nitrogens with zero attached hydrogens (tertiary/aromatic N) is 2. The summed E-state index contributed by atoms with van der Waals surface area (Å²) < 4.78 is 5.31. The molecule has 36 heavy (non-hydrogen) atoms. The van der Waals surface area contributed by atoms with Gasteiger partial charge in [-0.15, -0.1) is 0 Å². The number of aromatic amines is 1. The molecule has 0 saturated carbocycles. The van der Waals surface area contributed by atoms with E-state index in [0.29, 0.717) is 5.69 Å². The number of Topliss-reactive ketones (excluding diaryl/α,β-unsaturated/α-hetero) is 1. The highest BCUT2D eigenvalue weighted by atomic mass is 16.5. The Labute approximate surface area is 214 Å². The molecule has 4 unspecified atom stereocenters. The third kappa shape index (κ3) is 4.41. The zero-order valence-electron chi connectivity index (χ0n) is 21.7. The van der Waals surface area contributed by atoms with E-state index in [9.17, 15) is 4.79 Å². The molecule has 3 saturated heterocycles. The van der Waals surface area contributed by atoms with E-state index in [1.807, 2.05) is 24.3 Å². The molecule has 3 fully saturated rings. The van der Waals surface area contributed by atoms with Crippen LogP contribution in [0.2, 0.25) is 0 Å². The van der Waals surface area contributed by atoms with Crippen LogP contribution in [-0.4, -0.2) is 61.0 Å². The number of anilines is 1. The van der Waals surface area contributed by atoms with E-state index in [4.69, 9.17) is 4.74 Å². The second-order valence-electron chi connectivity index (χ2n) is 11.1. The van der Waals surface area contributed by atoms with Crippen molar-refractivity contribution in [2.45, 2.75) is 57.7 Å². The summed E-state index contributed by atoms with van der Waals surface area (Å²) in [7, 11) is 1.66. The molecule has 0 aliphatic carbocycles. The van der Waals surface area contributed by atoms with Gasteiger partial charge in [-0.1, -0.05) is 6.07 Å². The molecule has 3 aliphatic rings. The SMILES string of the molecule is COc1ccc2[nH]c(C(=O)C3CC(c4ccc(N5CCC(CN6CCCC6C)C5)cc4C)N3)cc2c1. The number of ether oxygens (including phenoxy) is 1. The van der Waals surface area contributed by atoms with Gasteiger partial charge in [-0.3, -0.25) is 4.79 Å². The van der Waals surface area contributed by atoms with Gasteiger partial charge in [-0.2, -0.15) is 0 Å². The molecule has 6 heteroatoms. The van der Waals surface area contributed by atoms with E-state index in [2.05, 4.69) is 52.1 Å². The Bertz CT molecular complexity index is 1260. The molecule has 0 radical (unpaired) electrons. The number of rotatable bonds is 7. The van der Waals surface area contributed by atoms with Crippen LogP contribution in [-0.2, 0) is 0 Å². The Hall–Kier alpha value is -2.83. The third-order valence-corrected chi connectivity index (χ3v) is 8.75. The average molecular weight is 487 g/mol. The summed E-state index contributed by atoms with van der Waals surface area (Å²) in [6, 6.07) is 15.5. The first-order valence-electron chi connectivity index (χ1n) is 13.5. The van der Waals surface area contributed by atoms with Crippen molar-refractivity contribution in [3.8, 4) is 5.75 Å². The second-order valence-corrected chi connectivity index (χ2v) is 11.1. The van der Waals surface area contributed by atoms with E-state index in [1.165, 1.54) is 49.2 Å². The number of likely N-dealkylation sites (tertiary alicyclic amines) is 1. The molecule has 4 atom stereocenters. The largest absolute Gasteiger partial charge is 0.497 e. The highest BCUT2D eigenvalue weighted by Gasteiger charge is 2.36. The van der Waals surface area contributed by atoms with Crippen molar-refractivity contribution in [1.82, 2.24) is 15.2 Å². The van der Waals surface area contributed by atoms with Crippen molar-refractivity contribution in [2.24, 2.45) is 5.92 Å². The van der Waals surface area contributed by atoms with Gasteiger partial charge in [-0.25, -0.2) is 0 Å². The molecule has 6 nitrogen and oxygen atoms in total. The zero-order valence-corrected chi connectivity index (χ0v) is 21.7. The number of methoxy groups -OCH3 is 1. The number of hydrogen-bond donors (Lipinski definition) is 2. The zero-order chi connectivity index (χ0) is 24.8. The number of benzene rings is 2. The van der Waals surface area contributed by atoms with E-state index in [1.54, 1.807) is 7.11 Å². The average Bonchev–Trinajstić information content (AvgIpc) is 3.59. The van der Waals surface area contributed by atoms with Gasteiger partial charge in [0.2, 0.25) is 0 Å². The number of H-pyrrole nitrogens is 1. The highest BCUT2D eigenvalue weighted by molar-refractivity contribution is 6.03. The van der Waals surface area contributed by atoms with Gasteiger partial charge in [-0.05, 0) is 99.5 Å². The Morgan fingerprint density at radius 3 is 2.72 bits per heavy atom. The van der Waals surface area contributed by atoms with E-state index < -0.39 is 0 Å². The van der Waals surface area contributed by atoms with Crippen LogP contribution in [0.3, 0.4) is 0 Å². The van der Waals surface area contributed by atoms with Crippen LogP contribution in [0.5, 0.6) is 5.75 Å². The number of aryl methyl sites for hydroxylation is 1. The molecule has 2 N–H and O–H groups in total. The molecule has 4 heterocycles. The molecule has 0 amide bonds. The first kappa shape index (κ1) is 23.6. The topological polar surface area (TPSA) is 60.6 Å². The molecule has 6 rings (SSSR count). The number of hydrogen-bond acceptors (Lipinski definition) is 5.